The third kappa shape index (κ3) is 7.19. The van der Waals surface area contributed by atoms with Crippen LogP contribution in [0.15, 0.2) is 48.1 Å². The molecule has 0 aliphatic rings. The van der Waals surface area contributed by atoms with Gasteiger partial charge in [0.2, 0.25) is 5.91 Å². The van der Waals surface area contributed by atoms with Crippen LogP contribution in [0.5, 0.6) is 5.75 Å². The van der Waals surface area contributed by atoms with E-state index in [0.29, 0.717) is 34.0 Å². The molecule has 0 saturated carbocycles. The van der Waals surface area contributed by atoms with E-state index < -0.39 is 5.97 Å². The number of aryl methyl sites for hydroxylation is 1. The number of benzene rings is 1. The van der Waals surface area contributed by atoms with Crippen LogP contribution in [0.4, 0.5) is 5.00 Å². The summed E-state index contributed by atoms with van der Waals surface area (Å²) in [6.45, 7) is 12.7. The van der Waals surface area contributed by atoms with Crippen molar-refractivity contribution in [2.24, 2.45) is 0 Å². The smallest absolute Gasteiger partial charge is 0.341 e. The minimum absolute atomic E-state index is 0.103. The number of rotatable bonds is 12. The average Bonchev–Trinajstić information content (AvgIpc) is 3.39. The standard InChI is InChI=1S/C25H30N4O4S2/c1-6-12-29-21(14-33-19-10-8-18(9-11-19)16(3)4)27-28-25(29)34-15-22(30)26-23-20(13-17(5)35-23)24(31)32-7-2/h6,8-11,13,16H,1,7,12,14-15H2,2-5H3,(H,26,30). The molecule has 0 fully saturated rings. The number of hydrogen-bond acceptors (Lipinski definition) is 8. The first-order valence-corrected chi connectivity index (χ1v) is 13.1. The Hall–Kier alpha value is -3.11. The van der Waals surface area contributed by atoms with Crippen LogP contribution in [0.2, 0.25) is 0 Å². The van der Waals surface area contributed by atoms with Crippen LogP contribution in [0, 0.1) is 6.92 Å². The molecule has 10 heteroatoms. The minimum Gasteiger partial charge on any atom is -0.486 e. The summed E-state index contributed by atoms with van der Waals surface area (Å²) in [5.74, 6) is 1.25. The molecule has 3 aromatic rings. The van der Waals surface area contributed by atoms with Crippen molar-refractivity contribution in [1.82, 2.24) is 14.8 Å². The van der Waals surface area contributed by atoms with Crippen LogP contribution in [0.1, 0.15) is 53.3 Å². The monoisotopic (exact) mass is 514 g/mol. The van der Waals surface area contributed by atoms with E-state index in [-0.39, 0.29) is 24.9 Å². The maximum atomic E-state index is 12.6. The molecule has 0 aliphatic heterocycles. The average molecular weight is 515 g/mol. The molecule has 0 radical (unpaired) electrons. The Morgan fingerprint density at radius 2 is 2.00 bits per heavy atom. The first kappa shape index (κ1) is 26.5. The summed E-state index contributed by atoms with van der Waals surface area (Å²) in [5.41, 5.74) is 1.61. The molecule has 1 N–H and O–H groups in total. The summed E-state index contributed by atoms with van der Waals surface area (Å²) in [5, 5.41) is 12.4. The van der Waals surface area contributed by atoms with Crippen molar-refractivity contribution < 1.29 is 19.1 Å². The molecule has 0 aliphatic carbocycles. The fourth-order valence-corrected chi connectivity index (χ4v) is 4.88. The topological polar surface area (TPSA) is 95.3 Å². The summed E-state index contributed by atoms with van der Waals surface area (Å²) in [6.07, 6.45) is 1.74. The summed E-state index contributed by atoms with van der Waals surface area (Å²) in [6, 6.07) is 9.71. The van der Waals surface area contributed by atoms with E-state index in [0.717, 1.165) is 10.6 Å². The molecule has 2 aromatic heterocycles. The van der Waals surface area contributed by atoms with Gasteiger partial charge in [-0.3, -0.25) is 9.36 Å². The number of aromatic nitrogens is 3. The van der Waals surface area contributed by atoms with E-state index >= 15 is 0 Å². The Labute approximate surface area is 213 Å². The van der Waals surface area contributed by atoms with Gasteiger partial charge in [0.25, 0.3) is 0 Å². The number of carbonyl (C=O) groups is 2. The summed E-state index contributed by atoms with van der Waals surface area (Å²) >= 11 is 2.59. The van der Waals surface area contributed by atoms with Crippen molar-refractivity contribution in [3.05, 3.63) is 64.8 Å². The second-order valence-electron chi connectivity index (χ2n) is 7.97. The highest BCUT2D eigenvalue weighted by Gasteiger charge is 2.19. The van der Waals surface area contributed by atoms with Gasteiger partial charge in [-0.05, 0) is 43.5 Å². The lowest BCUT2D eigenvalue weighted by Gasteiger charge is -2.10. The predicted octanol–water partition coefficient (Wildman–Crippen LogP) is 5.44. The number of nitrogens with one attached hydrogen (secondary N) is 1. The number of carbonyl (C=O) groups excluding carboxylic acids is 2. The predicted molar refractivity (Wildman–Crippen MR) is 139 cm³/mol. The van der Waals surface area contributed by atoms with Crippen LogP contribution in [-0.2, 0) is 22.7 Å². The van der Waals surface area contributed by atoms with Crippen molar-refractivity contribution in [2.45, 2.75) is 51.9 Å². The lowest BCUT2D eigenvalue weighted by Crippen LogP contribution is -2.16. The molecule has 35 heavy (non-hydrogen) atoms. The largest absolute Gasteiger partial charge is 0.486 e. The zero-order valence-electron chi connectivity index (χ0n) is 20.4. The number of nitrogens with zero attached hydrogens (tertiary/aromatic N) is 3. The minimum atomic E-state index is -0.450. The number of thiophene rings is 1. The van der Waals surface area contributed by atoms with E-state index in [9.17, 15) is 9.59 Å². The van der Waals surface area contributed by atoms with Gasteiger partial charge in [-0.25, -0.2) is 4.79 Å². The second-order valence-corrected chi connectivity index (χ2v) is 10.2. The van der Waals surface area contributed by atoms with E-state index in [1.807, 2.05) is 23.6 Å². The van der Waals surface area contributed by atoms with Gasteiger partial charge in [-0.2, -0.15) is 0 Å². The van der Waals surface area contributed by atoms with Crippen molar-refractivity contribution in [2.75, 3.05) is 17.7 Å². The maximum Gasteiger partial charge on any atom is 0.341 e. The molecule has 0 bridgehead atoms. The highest BCUT2D eigenvalue weighted by atomic mass is 32.2. The van der Waals surface area contributed by atoms with Crippen molar-refractivity contribution in [3.8, 4) is 5.75 Å². The van der Waals surface area contributed by atoms with Gasteiger partial charge in [0.15, 0.2) is 11.0 Å². The molecule has 0 atom stereocenters. The number of allylic oxidation sites excluding steroid dienone is 1. The first-order chi connectivity index (χ1) is 16.8. The van der Waals surface area contributed by atoms with Gasteiger partial charge < -0.3 is 14.8 Å². The summed E-state index contributed by atoms with van der Waals surface area (Å²) < 4.78 is 12.8. The first-order valence-electron chi connectivity index (χ1n) is 11.3. The van der Waals surface area contributed by atoms with Crippen LogP contribution in [-0.4, -0.2) is 39.0 Å². The van der Waals surface area contributed by atoms with E-state index in [4.69, 9.17) is 9.47 Å². The maximum absolute atomic E-state index is 12.6. The highest BCUT2D eigenvalue weighted by Crippen LogP contribution is 2.29. The quantitative estimate of drug-likeness (QED) is 0.195. The number of hydrogen-bond donors (Lipinski definition) is 1. The normalized spacial score (nSPS) is 10.9. The van der Waals surface area contributed by atoms with E-state index in [2.05, 4.69) is 48.1 Å². The van der Waals surface area contributed by atoms with Crippen LogP contribution >= 0.6 is 23.1 Å². The lowest BCUT2D eigenvalue weighted by molar-refractivity contribution is -0.113. The molecule has 1 aromatic carbocycles. The number of anilines is 1. The van der Waals surface area contributed by atoms with Crippen molar-refractivity contribution >= 4 is 40.0 Å². The molecule has 1 amide bonds. The fraction of sp³-hybridized carbons (Fsp3) is 0.360. The number of thioether (sulfide) groups is 1. The SMILES string of the molecule is C=CCn1c(COc2ccc(C(C)C)cc2)nnc1SCC(=O)Nc1sc(C)cc1C(=O)OCC. The van der Waals surface area contributed by atoms with E-state index in [1.165, 1.54) is 28.7 Å². The number of esters is 1. The fourth-order valence-electron chi connectivity index (χ4n) is 3.20. The van der Waals surface area contributed by atoms with Crippen molar-refractivity contribution in [1.29, 1.82) is 0 Å². The van der Waals surface area contributed by atoms with Gasteiger partial charge in [-0.1, -0.05) is 43.8 Å². The zero-order valence-corrected chi connectivity index (χ0v) is 22.0. The van der Waals surface area contributed by atoms with Crippen LogP contribution in [0.25, 0.3) is 0 Å². The Kier molecular flexibility index (Phi) is 9.50. The molecule has 186 valence electrons. The summed E-state index contributed by atoms with van der Waals surface area (Å²) in [7, 11) is 0. The van der Waals surface area contributed by atoms with Gasteiger partial charge in [0, 0.05) is 11.4 Å². The van der Waals surface area contributed by atoms with Crippen LogP contribution in [0.3, 0.4) is 0 Å². The number of amides is 1. The Morgan fingerprint density at radius 1 is 1.26 bits per heavy atom. The molecular formula is C25H30N4O4S2. The molecule has 3 rings (SSSR count). The Balaban J connectivity index is 1.62. The number of ether oxygens (including phenoxy) is 2. The lowest BCUT2D eigenvalue weighted by atomic mass is 10.0. The van der Waals surface area contributed by atoms with Crippen molar-refractivity contribution in [3.63, 3.8) is 0 Å². The molecule has 8 nitrogen and oxygen atoms in total. The van der Waals surface area contributed by atoms with E-state index in [1.54, 1.807) is 19.1 Å². The molecule has 0 spiro atoms. The Bertz CT molecular complexity index is 1170. The summed E-state index contributed by atoms with van der Waals surface area (Å²) in [4.78, 5) is 25.7. The molecule has 0 saturated heterocycles. The van der Waals surface area contributed by atoms with Gasteiger partial charge in [0.05, 0.1) is 17.9 Å². The second kappa shape index (κ2) is 12.6. The molecule has 0 unspecified atom stereocenters. The third-order valence-corrected chi connectivity index (χ3v) is 6.89. The molecule has 2 heterocycles. The molecular weight excluding hydrogens is 484 g/mol. The van der Waals surface area contributed by atoms with Gasteiger partial charge in [-0.15, -0.1) is 28.1 Å². The van der Waals surface area contributed by atoms with Crippen LogP contribution < -0.4 is 10.1 Å². The van der Waals surface area contributed by atoms with Gasteiger partial charge in [0.1, 0.15) is 17.4 Å². The highest BCUT2D eigenvalue weighted by molar-refractivity contribution is 7.99. The van der Waals surface area contributed by atoms with Gasteiger partial charge >= 0.3 is 5.97 Å². The third-order valence-electron chi connectivity index (χ3n) is 4.96. The zero-order chi connectivity index (χ0) is 25.4. The Morgan fingerprint density at radius 3 is 2.66 bits per heavy atom.